The summed E-state index contributed by atoms with van der Waals surface area (Å²) in [6, 6.07) is 10.6. The Labute approximate surface area is 105 Å². The van der Waals surface area contributed by atoms with Gasteiger partial charge in [-0.1, -0.05) is 12.1 Å². The fraction of sp³-hybridized carbons (Fsp3) is 0.0769. The first-order chi connectivity index (χ1) is 8.70. The summed E-state index contributed by atoms with van der Waals surface area (Å²) in [6.45, 7) is 0. The van der Waals surface area contributed by atoms with E-state index in [1.807, 2.05) is 6.07 Å². The molecule has 5 heteroatoms. The number of para-hydroxylation sites is 1. The van der Waals surface area contributed by atoms with Crippen molar-refractivity contribution >= 4 is 23.2 Å². The molecule has 92 valence electrons. The van der Waals surface area contributed by atoms with Crippen LogP contribution in [0.5, 0.6) is 0 Å². The maximum atomic E-state index is 11.6. The normalized spacial score (nSPS) is 9.83. The highest BCUT2D eigenvalue weighted by Crippen LogP contribution is 2.21. The zero-order valence-corrected chi connectivity index (χ0v) is 9.88. The molecule has 0 aliphatic carbocycles. The van der Waals surface area contributed by atoms with E-state index in [-0.39, 0.29) is 5.97 Å². The number of methoxy groups -OCH3 is 1. The first kappa shape index (κ1) is 11.9. The molecular weight excluding hydrogens is 230 g/mol. The number of carbonyl (C=O) groups excluding carboxylic acids is 1. The largest absolute Gasteiger partial charge is 0.465 e. The molecule has 2 aromatic rings. The van der Waals surface area contributed by atoms with Gasteiger partial charge < -0.3 is 15.8 Å². The van der Waals surface area contributed by atoms with Gasteiger partial charge in [0.25, 0.3) is 0 Å². The number of esters is 1. The molecule has 0 aliphatic rings. The Morgan fingerprint density at radius 3 is 2.72 bits per heavy atom. The van der Waals surface area contributed by atoms with Gasteiger partial charge in [-0.3, -0.25) is 0 Å². The minimum atomic E-state index is -0.387. The molecule has 0 amide bonds. The number of pyridine rings is 1. The highest BCUT2D eigenvalue weighted by Gasteiger charge is 2.10. The lowest BCUT2D eigenvalue weighted by Gasteiger charge is -2.10. The van der Waals surface area contributed by atoms with Crippen molar-refractivity contribution in [2.45, 2.75) is 0 Å². The Morgan fingerprint density at radius 1 is 1.28 bits per heavy atom. The second-order valence-corrected chi connectivity index (χ2v) is 3.63. The fourth-order valence-corrected chi connectivity index (χ4v) is 1.51. The molecule has 3 N–H and O–H groups in total. The Hall–Kier alpha value is -2.56. The van der Waals surface area contributed by atoms with Crippen LogP contribution in [-0.4, -0.2) is 18.1 Å². The van der Waals surface area contributed by atoms with Crippen molar-refractivity contribution in [3.8, 4) is 0 Å². The number of rotatable bonds is 3. The molecule has 1 heterocycles. The Morgan fingerprint density at radius 2 is 2.06 bits per heavy atom. The van der Waals surface area contributed by atoms with E-state index >= 15 is 0 Å². The lowest BCUT2D eigenvalue weighted by atomic mass is 10.1. The molecule has 0 spiro atoms. The number of ether oxygens (including phenoxy) is 1. The molecule has 0 atom stereocenters. The molecule has 2 rings (SSSR count). The predicted octanol–water partition coefficient (Wildman–Crippen LogP) is 2.19. The third-order valence-corrected chi connectivity index (χ3v) is 2.40. The van der Waals surface area contributed by atoms with Crippen LogP contribution in [-0.2, 0) is 4.74 Å². The van der Waals surface area contributed by atoms with E-state index in [4.69, 9.17) is 10.5 Å². The van der Waals surface area contributed by atoms with Crippen molar-refractivity contribution in [1.29, 1.82) is 0 Å². The molecule has 0 saturated heterocycles. The maximum absolute atomic E-state index is 11.6. The summed E-state index contributed by atoms with van der Waals surface area (Å²) in [5.74, 6) is 0.0586. The van der Waals surface area contributed by atoms with E-state index in [2.05, 4.69) is 10.3 Å². The number of aromatic nitrogens is 1. The molecule has 0 saturated carbocycles. The van der Waals surface area contributed by atoms with Crippen LogP contribution in [0.3, 0.4) is 0 Å². The molecule has 1 aromatic heterocycles. The first-order valence-corrected chi connectivity index (χ1v) is 5.36. The fourth-order valence-electron chi connectivity index (χ4n) is 1.51. The number of hydrogen-bond donors (Lipinski definition) is 2. The van der Waals surface area contributed by atoms with E-state index in [0.29, 0.717) is 17.1 Å². The molecule has 18 heavy (non-hydrogen) atoms. The van der Waals surface area contributed by atoms with Crippen molar-refractivity contribution in [3.63, 3.8) is 0 Å². The maximum Gasteiger partial charge on any atom is 0.339 e. The highest BCUT2D eigenvalue weighted by atomic mass is 16.5. The Bertz CT molecular complexity index is 552. The standard InChI is InChI=1S/C13H13N3O2/c1-18-13(17)10-4-2-3-5-11(10)16-9-6-7-12(14)15-8-9/h2-8,16H,1H3,(H2,14,15). The third-order valence-electron chi connectivity index (χ3n) is 2.40. The summed E-state index contributed by atoms with van der Waals surface area (Å²) < 4.78 is 4.72. The molecule has 0 bridgehead atoms. The zero-order valence-electron chi connectivity index (χ0n) is 9.88. The van der Waals surface area contributed by atoms with Gasteiger partial charge in [-0.05, 0) is 24.3 Å². The van der Waals surface area contributed by atoms with Crippen LogP contribution in [0, 0.1) is 0 Å². The second kappa shape index (κ2) is 5.18. The van der Waals surface area contributed by atoms with Crippen molar-refractivity contribution in [2.24, 2.45) is 0 Å². The van der Waals surface area contributed by atoms with Crippen molar-refractivity contribution in [3.05, 3.63) is 48.2 Å². The van der Waals surface area contributed by atoms with Crippen molar-refractivity contribution in [1.82, 2.24) is 4.98 Å². The van der Waals surface area contributed by atoms with E-state index in [1.54, 1.807) is 36.5 Å². The number of nitrogens with one attached hydrogen (secondary N) is 1. The van der Waals surface area contributed by atoms with Gasteiger partial charge in [0.05, 0.1) is 30.2 Å². The number of hydrogen-bond acceptors (Lipinski definition) is 5. The average molecular weight is 243 g/mol. The van der Waals surface area contributed by atoms with Crippen LogP contribution in [0.15, 0.2) is 42.6 Å². The number of anilines is 3. The average Bonchev–Trinajstić information content (AvgIpc) is 2.41. The topological polar surface area (TPSA) is 77.2 Å². The molecule has 5 nitrogen and oxygen atoms in total. The van der Waals surface area contributed by atoms with Crippen LogP contribution in [0.2, 0.25) is 0 Å². The van der Waals surface area contributed by atoms with Gasteiger partial charge in [0.15, 0.2) is 0 Å². The molecule has 0 fully saturated rings. The Kier molecular flexibility index (Phi) is 3.43. The number of benzene rings is 1. The summed E-state index contributed by atoms with van der Waals surface area (Å²) >= 11 is 0. The predicted molar refractivity (Wildman–Crippen MR) is 69.7 cm³/mol. The summed E-state index contributed by atoms with van der Waals surface area (Å²) in [5.41, 5.74) is 7.39. The van der Waals surface area contributed by atoms with Crippen molar-refractivity contribution in [2.75, 3.05) is 18.2 Å². The van der Waals surface area contributed by atoms with Gasteiger partial charge in [0.2, 0.25) is 0 Å². The van der Waals surface area contributed by atoms with Crippen LogP contribution in [0.4, 0.5) is 17.2 Å². The van der Waals surface area contributed by atoms with Crippen LogP contribution in [0.25, 0.3) is 0 Å². The molecular formula is C13H13N3O2. The zero-order chi connectivity index (χ0) is 13.0. The minimum Gasteiger partial charge on any atom is -0.465 e. The second-order valence-electron chi connectivity index (χ2n) is 3.63. The van der Waals surface area contributed by atoms with E-state index < -0.39 is 0 Å². The Balaban J connectivity index is 2.28. The number of nitrogens with zero attached hydrogens (tertiary/aromatic N) is 1. The first-order valence-electron chi connectivity index (χ1n) is 5.36. The van der Waals surface area contributed by atoms with Gasteiger partial charge in [0.1, 0.15) is 5.82 Å². The van der Waals surface area contributed by atoms with Crippen LogP contribution < -0.4 is 11.1 Å². The van der Waals surface area contributed by atoms with Gasteiger partial charge in [0, 0.05) is 0 Å². The summed E-state index contributed by atoms with van der Waals surface area (Å²) in [7, 11) is 1.35. The van der Waals surface area contributed by atoms with Gasteiger partial charge in [-0.25, -0.2) is 9.78 Å². The summed E-state index contributed by atoms with van der Waals surface area (Å²) in [6.07, 6.45) is 1.60. The van der Waals surface area contributed by atoms with Gasteiger partial charge >= 0.3 is 5.97 Å². The SMILES string of the molecule is COC(=O)c1ccccc1Nc1ccc(N)nc1. The lowest BCUT2D eigenvalue weighted by molar-refractivity contribution is 0.0602. The minimum absolute atomic E-state index is 0.387. The van der Waals surface area contributed by atoms with E-state index in [9.17, 15) is 4.79 Å². The van der Waals surface area contributed by atoms with Gasteiger partial charge in [-0.15, -0.1) is 0 Å². The number of nitrogen functional groups attached to an aromatic ring is 1. The molecule has 1 aromatic carbocycles. The number of carbonyl (C=O) groups is 1. The smallest absolute Gasteiger partial charge is 0.339 e. The highest BCUT2D eigenvalue weighted by molar-refractivity contribution is 5.96. The molecule has 0 aliphatic heterocycles. The van der Waals surface area contributed by atoms with E-state index in [0.717, 1.165) is 5.69 Å². The van der Waals surface area contributed by atoms with Crippen molar-refractivity contribution < 1.29 is 9.53 Å². The summed E-state index contributed by atoms with van der Waals surface area (Å²) in [4.78, 5) is 15.5. The van der Waals surface area contributed by atoms with E-state index in [1.165, 1.54) is 7.11 Å². The quantitative estimate of drug-likeness (QED) is 0.808. The third kappa shape index (κ3) is 2.57. The monoisotopic (exact) mass is 243 g/mol. The molecule has 0 unspecified atom stereocenters. The molecule has 0 radical (unpaired) electrons. The van der Waals surface area contributed by atoms with Crippen LogP contribution in [0.1, 0.15) is 10.4 Å². The van der Waals surface area contributed by atoms with Gasteiger partial charge in [-0.2, -0.15) is 0 Å². The van der Waals surface area contributed by atoms with Crippen LogP contribution >= 0.6 is 0 Å². The number of nitrogens with two attached hydrogens (primary N) is 1. The summed E-state index contributed by atoms with van der Waals surface area (Å²) in [5, 5.41) is 3.10. The lowest BCUT2D eigenvalue weighted by Crippen LogP contribution is -2.05.